The van der Waals surface area contributed by atoms with Crippen LogP contribution in [0.1, 0.15) is 118 Å². The van der Waals surface area contributed by atoms with Crippen LogP contribution in [0.4, 0.5) is 0 Å². The van der Waals surface area contributed by atoms with Crippen LogP contribution in [-0.4, -0.2) is 35.6 Å². The molecule has 0 unspecified atom stereocenters. The van der Waals surface area contributed by atoms with Crippen molar-refractivity contribution < 1.29 is 14.9 Å². The summed E-state index contributed by atoms with van der Waals surface area (Å²) in [5, 5.41) is 19.9. The Labute approximate surface area is 210 Å². The molecule has 3 saturated carbocycles. The maximum atomic E-state index is 11.0. The quantitative estimate of drug-likeness (QED) is 0.244. The van der Waals surface area contributed by atoms with Crippen molar-refractivity contribution in [3.8, 4) is 0 Å². The van der Waals surface area contributed by atoms with E-state index < -0.39 is 5.60 Å². The van der Waals surface area contributed by atoms with E-state index in [9.17, 15) is 5.11 Å². The molecule has 0 aromatic carbocycles. The van der Waals surface area contributed by atoms with Crippen LogP contribution < -0.4 is 0 Å². The third kappa shape index (κ3) is 5.05. The number of unbranched alkanes of at least 4 members (excludes halogenated alkanes) is 2. The lowest BCUT2D eigenvalue weighted by Crippen LogP contribution is -2.52. The molecule has 4 aliphatic rings. The van der Waals surface area contributed by atoms with E-state index in [1.807, 2.05) is 0 Å². The number of ether oxygens (including phenoxy) is 1. The van der Waals surface area contributed by atoms with Gasteiger partial charge in [0.25, 0.3) is 0 Å². The molecule has 3 fully saturated rings. The molecular formula is C31H54O3. The van der Waals surface area contributed by atoms with Crippen LogP contribution in [-0.2, 0) is 4.74 Å². The first kappa shape index (κ1) is 26.7. The number of allylic oxidation sites excluding steroid dienone is 1. The van der Waals surface area contributed by atoms with Crippen LogP contribution in [0.3, 0.4) is 0 Å². The second-order valence-corrected chi connectivity index (χ2v) is 13.3. The van der Waals surface area contributed by atoms with Crippen LogP contribution >= 0.6 is 0 Å². The van der Waals surface area contributed by atoms with Gasteiger partial charge in [0.05, 0.1) is 5.60 Å². The molecule has 3 heteroatoms. The van der Waals surface area contributed by atoms with E-state index in [1.54, 1.807) is 5.57 Å². The largest absolute Gasteiger partial charge is 0.396 e. The van der Waals surface area contributed by atoms with Crippen molar-refractivity contribution in [2.45, 2.75) is 123 Å². The topological polar surface area (TPSA) is 49.7 Å². The standard InChI is InChI=1S/C31H54O3/c1-5-31(33)18-17-29(3)24(22-31)11-12-25-27-14-13-26(30(27,4)16-15-28(25)29)23(2)10-6-8-20-34-21-9-7-19-32/h11,23,25-28,32-33H,5-10,12-22H2,1-4H3/t23-,25+,26-,27+,28+,29+,30-,31+/m1/s1. The third-order valence-corrected chi connectivity index (χ3v) is 11.6. The summed E-state index contributed by atoms with van der Waals surface area (Å²) in [5.41, 5.74) is 2.03. The number of hydrogen-bond donors (Lipinski definition) is 2. The van der Waals surface area contributed by atoms with Crippen LogP contribution in [0.5, 0.6) is 0 Å². The molecule has 0 saturated heterocycles. The lowest BCUT2D eigenvalue weighted by Gasteiger charge is -2.59. The molecule has 34 heavy (non-hydrogen) atoms. The minimum atomic E-state index is -0.445. The highest BCUT2D eigenvalue weighted by Gasteiger charge is 2.59. The van der Waals surface area contributed by atoms with E-state index >= 15 is 0 Å². The van der Waals surface area contributed by atoms with Crippen LogP contribution in [0.25, 0.3) is 0 Å². The molecule has 0 amide bonds. The SMILES string of the molecule is CC[C@]1(O)CC[C@@]2(C)C(=CC[C@H]3[C@@H]4CC[C@H]([C@H](C)CCCCOCCCCO)[C@@]4(C)CC[C@@H]32)C1. The van der Waals surface area contributed by atoms with Crippen molar-refractivity contribution in [3.63, 3.8) is 0 Å². The molecule has 8 atom stereocenters. The first-order valence-corrected chi connectivity index (χ1v) is 14.9. The van der Waals surface area contributed by atoms with Crippen LogP contribution in [0, 0.1) is 40.4 Å². The highest BCUT2D eigenvalue weighted by atomic mass is 16.5. The second kappa shape index (κ2) is 10.9. The van der Waals surface area contributed by atoms with Crippen molar-refractivity contribution in [2.75, 3.05) is 19.8 Å². The maximum absolute atomic E-state index is 11.0. The predicted octanol–water partition coefficient (Wildman–Crippen LogP) is 7.30. The normalized spacial score (nSPS) is 42.5. The molecule has 4 aliphatic carbocycles. The minimum absolute atomic E-state index is 0.280. The molecule has 0 aliphatic heterocycles. The summed E-state index contributed by atoms with van der Waals surface area (Å²) in [5.74, 6) is 4.31. The van der Waals surface area contributed by atoms with Gasteiger partial charge in [-0.05, 0) is 117 Å². The molecule has 0 aromatic rings. The van der Waals surface area contributed by atoms with Crippen molar-refractivity contribution >= 4 is 0 Å². The van der Waals surface area contributed by atoms with Gasteiger partial charge in [-0.15, -0.1) is 0 Å². The fraction of sp³-hybridized carbons (Fsp3) is 0.935. The second-order valence-electron chi connectivity index (χ2n) is 13.3. The summed E-state index contributed by atoms with van der Waals surface area (Å²) >= 11 is 0. The van der Waals surface area contributed by atoms with Gasteiger partial charge < -0.3 is 14.9 Å². The van der Waals surface area contributed by atoms with E-state index in [0.29, 0.717) is 10.8 Å². The van der Waals surface area contributed by atoms with Gasteiger partial charge in [-0.25, -0.2) is 0 Å². The van der Waals surface area contributed by atoms with Gasteiger partial charge in [0.1, 0.15) is 0 Å². The Balaban J connectivity index is 1.33. The Morgan fingerprint density at radius 1 is 1.00 bits per heavy atom. The fourth-order valence-electron chi connectivity index (χ4n) is 9.28. The third-order valence-electron chi connectivity index (χ3n) is 11.6. The van der Waals surface area contributed by atoms with Gasteiger partial charge in [-0.2, -0.15) is 0 Å². The van der Waals surface area contributed by atoms with Crippen LogP contribution in [0.15, 0.2) is 11.6 Å². The number of fused-ring (bicyclic) bond motifs is 5. The lowest BCUT2D eigenvalue weighted by atomic mass is 9.46. The Kier molecular flexibility index (Phi) is 8.58. The molecule has 4 rings (SSSR count). The monoisotopic (exact) mass is 474 g/mol. The molecule has 0 spiro atoms. The van der Waals surface area contributed by atoms with Gasteiger partial charge in [0.2, 0.25) is 0 Å². The van der Waals surface area contributed by atoms with Crippen molar-refractivity contribution in [1.29, 1.82) is 0 Å². The maximum Gasteiger partial charge on any atom is 0.0682 e. The Bertz CT molecular complexity index is 703. The lowest BCUT2D eigenvalue weighted by molar-refractivity contribution is -0.0755. The molecule has 0 radical (unpaired) electrons. The number of aliphatic hydroxyl groups is 2. The van der Waals surface area contributed by atoms with Crippen molar-refractivity contribution in [2.24, 2.45) is 40.4 Å². The number of aliphatic hydroxyl groups excluding tert-OH is 1. The summed E-state index contributed by atoms with van der Waals surface area (Å²) in [6.45, 7) is 11.9. The summed E-state index contributed by atoms with van der Waals surface area (Å²) in [6.07, 6.45) is 19.2. The number of hydrogen-bond acceptors (Lipinski definition) is 3. The van der Waals surface area contributed by atoms with E-state index in [4.69, 9.17) is 9.84 Å². The Morgan fingerprint density at radius 3 is 2.50 bits per heavy atom. The van der Waals surface area contributed by atoms with Crippen molar-refractivity contribution in [1.82, 2.24) is 0 Å². The summed E-state index contributed by atoms with van der Waals surface area (Å²) in [6, 6.07) is 0. The van der Waals surface area contributed by atoms with Gasteiger partial charge in [0.15, 0.2) is 0 Å². The Hall–Kier alpha value is -0.380. The summed E-state index contributed by atoms with van der Waals surface area (Å²) < 4.78 is 5.75. The average Bonchev–Trinajstić information content (AvgIpc) is 3.18. The molecule has 2 N–H and O–H groups in total. The Morgan fingerprint density at radius 2 is 1.76 bits per heavy atom. The molecular weight excluding hydrogens is 420 g/mol. The van der Waals surface area contributed by atoms with Crippen molar-refractivity contribution in [3.05, 3.63) is 11.6 Å². The van der Waals surface area contributed by atoms with E-state index in [0.717, 1.165) is 74.9 Å². The molecule has 0 bridgehead atoms. The first-order valence-electron chi connectivity index (χ1n) is 14.9. The highest BCUT2D eigenvalue weighted by Crippen LogP contribution is 2.67. The van der Waals surface area contributed by atoms with Gasteiger partial charge in [-0.1, -0.05) is 52.2 Å². The zero-order valence-electron chi connectivity index (χ0n) is 22.8. The van der Waals surface area contributed by atoms with Gasteiger partial charge >= 0.3 is 0 Å². The van der Waals surface area contributed by atoms with E-state index in [1.165, 1.54) is 57.8 Å². The van der Waals surface area contributed by atoms with Crippen LogP contribution in [0.2, 0.25) is 0 Å². The fourth-order valence-corrected chi connectivity index (χ4v) is 9.28. The minimum Gasteiger partial charge on any atom is -0.396 e. The van der Waals surface area contributed by atoms with Gasteiger partial charge in [-0.3, -0.25) is 0 Å². The smallest absolute Gasteiger partial charge is 0.0682 e. The molecule has 0 aromatic heterocycles. The molecule has 3 nitrogen and oxygen atoms in total. The number of rotatable bonds is 11. The zero-order valence-corrected chi connectivity index (χ0v) is 22.8. The zero-order chi connectivity index (χ0) is 24.4. The summed E-state index contributed by atoms with van der Waals surface area (Å²) in [4.78, 5) is 0. The van der Waals surface area contributed by atoms with Gasteiger partial charge in [0, 0.05) is 19.8 Å². The van der Waals surface area contributed by atoms with E-state index in [2.05, 4.69) is 33.8 Å². The first-order chi connectivity index (χ1) is 16.3. The molecule has 196 valence electrons. The van der Waals surface area contributed by atoms with E-state index in [-0.39, 0.29) is 6.61 Å². The highest BCUT2D eigenvalue weighted by molar-refractivity contribution is 5.27. The average molecular weight is 475 g/mol. The molecule has 0 heterocycles. The summed E-state index contributed by atoms with van der Waals surface area (Å²) in [7, 11) is 0. The predicted molar refractivity (Wildman–Crippen MR) is 141 cm³/mol.